The molecule has 0 atom stereocenters. The molecule has 0 fully saturated rings. The second-order valence-electron chi connectivity index (χ2n) is 8.04. The zero-order valence-electron chi connectivity index (χ0n) is 21.7. The quantitative estimate of drug-likeness (QED) is 0.305. The lowest BCUT2D eigenvalue weighted by Crippen LogP contribution is -2.18. The number of fused-ring (bicyclic) bond motifs is 3. The van der Waals surface area contributed by atoms with Crippen molar-refractivity contribution >= 4 is 27.3 Å². The van der Waals surface area contributed by atoms with E-state index in [1.54, 1.807) is 0 Å². The first-order valence-electron chi connectivity index (χ1n) is 12.2. The SMILES string of the molecule is C=C/C=C(\C=C/C)N(c1ccccc1)c1ccc2c(c1)C(C)(C)c1cc(Br)ccc1-2.CC.CC. The van der Waals surface area contributed by atoms with E-state index in [9.17, 15) is 0 Å². The summed E-state index contributed by atoms with van der Waals surface area (Å²) in [5.74, 6) is 0. The molecular weight excluding hydrogens is 478 g/mol. The van der Waals surface area contributed by atoms with Crippen LogP contribution in [0.4, 0.5) is 11.4 Å². The minimum absolute atomic E-state index is 0.0598. The number of benzene rings is 3. The molecule has 0 amide bonds. The van der Waals surface area contributed by atoms with Gasteiger partial charge in [-0.15, -0.1) is 0 Å². The highest BCUT2D eigenvalue weighted by atomic mass is 79.9. The molecule has 0 saturated carbocycles. The lowest BCUT2D eigenvalue weighted by Gasteiger charge is -2.28. The predicted octanol–water partition coefficient (Wildman–Crippen LogP) is 10.6. The second kappa shape index (κ2) is 12.6. The summed E-state index contributed by atoms with van der Waals surface area (Å²) in [4.78, 5) is 2.29. The average molecular weight is 517 g/mol. The van der Waals surface area contributed by atoms with Crippen molar-refractivity contribution in [1.82, 2.24) is 0 Å². The second-order valence-corrected chi connectivity index (χ2v) is 8.96. The van der Waals surface area contributed by atoms with Gasteiger partial charge in [-0.25, -0.2) is 0 Å². The smallest absolute Gasteiger partial charge is 0.0465 e. The number of halogens is 1. The number of anilines is 2. The van der Waals surface area contributed by atoms with E-state index >= 15 is 0 Å². The largest absolute Gasteiger partial charge is 0.311 e. The molecule has 0 N–H and O–H groups in total. The van der Waals surface area contributed by atoms with Crippen molar-refractivity contribution < 1.29 is 0 Å². The molecule has 0 bridgehead atoms. The van der Waals surface area contributed by atoms with Crippen LogP contribution in [0.5, 0.6) is 0 Å². The van der Waals surface area contributed by atoms with E-state index in [1.165, 1.54) is 22.3 Å². The minimum atomic E-state index is -0.0598. The molecule has 0 unspecified atom stereocenters. The number of nitrogens with zero attached hydrogens (tertiary/aromatic N) is 1. The number of rotatable bonds is 5. The van der Waals surface area contributed by atoms with Gasteiger partial charge in [-0.05, 0) is 77.7 Å². The maximum absolute atomic E-state index is 3.93. The summed E-state index contributed by atoms with van der Waals surface area (Å²) < 4.78 is 1.12. The fourth-order valence-corrected chi connectivity index (χ4v) is 4.72. The summed E-state index contributed by atoms with van der Waals surface area (Å²) in [5.41, 5.74) is 8.65. The van der Waals surface area contributed by atoms with Gasteiger partial charge in [-0.1, -0.05) is 107 Å². The summed E-state index contributed by atoms with van der Waals surface area (Å²) in [7, 11) is 0. The summed E-state index contributed by atoms with van der Waals surface area (Å²) >= 11 is 3.65. The zero-order chi connectivity index (χ0) is 25.3. The standard InChI is InChI=1S/C28H26BrN.2C2H6/c1-5-10-21(11-6-2)30(22-12-8-7-9-13-22)23-15-17-25-24-16-14-20(29)18-26(24)28(3,4)27(25)19-23;2*1-2/h5-19H,1H2,2-4H3;2*1-2H3/b11-6-,21-10+;;. The molecule has 4 rings (SSSR count). The molecule has 0 aromatic heterocycles. The Bertz CT molecular complexity index is 1150. The third-order valence-electron chi connectivity index (χ3n) is 5.78. The van der Waals surface area contributed by atoms with Crippen LogP contribution in [0.1, 0.15) is 59.6 Å². The van der Waals surface area contributed by atoms with Crippen LogP contribution in [0.25, 0.3) is 11.1 Å². The fraction of sp³-hybridized carbons (Fsp3) is 0.250. The molecular formula is C32H38BrN. The van der Waals surface area contributed by atoms with Gasteiger partial charge in [0.1, 0.15) is 0 Å². The highest BCUT2D eigenvalue weighted by Gasteiger charge is 2.36. The van der Waals surface area contributed by atoms with Gasteiger partial charge in [-0.3, -0.25) is 0 Å². The summed E-state index contributed by atoms with van der Waals surface area (Å²) in [5, 5.41) is 0. The summed E-state index contributed by atoms with van der Waals surface area (Å²) in [6.45, 7) is 18.6. The number of para-hydroxylation sites is 1. The van der Waals surface area contributed by atoms with E-state index in [2.05, 4.69) is 126 Å². The Morgan fingerprint density at radius 3 is 2.00 bits per heavy atom. The van der Waals surface area contributed by atoms with Gasteiger partial charge in [-0.2, -0.15) is 0 Å². The maximum atomic E-state index is 3.93. The van der Waals surface area contributed by atoms with E-state index in [1.807, 2.05) is 40.7 Å². The van der Waals surface area contributed by atoms with Gasteiger partial charge in [0.2, 0.25) is 0 Å². The Labute approximate surface area is 215 Å². The van der Waals surface area contributed by atoms with Crippen LogP contribution < -0.4 is 4.90 Å². The topological polar surface area (TPSA) is 3.24 Å². The van der Waals surface area contributed by atoms with Crippen LogP contribution in [0.2, 0.25) is 0 Å². The van der Waals surface area contributed by atoms with Crippen molar-refractivity contribution in [2.24, 2.45) is 0 Å². The Hall–Kier alpha value is -2.84. The van der Waals surface area contributed by atoms with Crippen molar-refractivity contribution in [2.45, 2.75) is 53.9 Å². The van der Waals surface area contributed by atoms with Gasteiger partial charge >= 0.3 is 0 Å². The molecule has 1 aliphatic carbocycles. The molecule has 0 radical (unpaired) electrons. The normalized spacial score (nSPS) is 13.1. The Kier molecular flexibility index (Phi) is 10.1. The summed E-state index contributed by atoms with van der Waals surface area (Å²) in [6.07, 6.45) is 8.09. The van der Waals surface area contributed by atoms with Gasteiger partial charge < -0.3 is 4.90 Å². The van der Waals surface area contributed by atoms with Crippen LogP contribution in [0.15, 0.2) is 108 Å². The summed E-state index contributed by atoms with van der Waals surface area (Å²) in [6, 6.07) is 23.9. The maximum Gasteiger partial charge on any atom is 0.0465 e. The molecule has 3 aromatic rings. The average Bonchev–Trinajstić information content (AvgIpc) is 3.09. The van der Waals surface area contributed by atoms with E-state index in [0.717, 1.165) is 21.5 Å². The first-order chi connectivity index (χ1) is 16.5. The van der Waals surface area contributed by atoms with E-state index < -0.39 is 0 Å². The Balaban J connectivity index is 0.000000970. The molecule has 0 aliphatic heterocycles. The molecule has 0 spiro atoms. The molecule has 178 valence electrons. The molecule has 1 nitrogen and oxygen atoms in total. The van der Waals surface area contributed by atoms with Crippen molar-refractivity contribution in [3.05, 3.63) is 119 Å². The Morgan fingerprint density at radius 1 is 0.824 bits per heavy atom. The molecule has 0 heterocycles. The first kappa shape index (κ1) is 27.4. The van der Waals surface area contributed by atoms with Gasteiger partial charge in [0.15, 0.2) is 0 Å². The van der Waals surface area contributed by atoms with E-state index in [-0.39, 0.29) is 5.41 Å². The predicted molar refractivity (Wildman–Crippen MR) is 156 cm³/mol. The first-order valence-corrected chi connectivity index (χ1v) is 13.0. The number of allylic oxidation sites excluding steroid dienone is 4. The third-order valence-corrected chi connectivity index (χ3v) is 6.27. The van der Waals surface area contributed by atoms with Crippen molar-refractivity contribution in [1.29, 1.82) is 0 Å². The third kappa shape index (κ3) is 5.45. The van der Waals surface area contributed by atoms with Crippen LogP contribution in [0, 0.1) is 0 Å². The molecule has 0 saturated heterocycles. The fourth-order valence-electron chi connectivity index (χ4n) is 4.36. The van der Waals surface area contributed by atoms with E-state index in [4.69, 9.17) is 0 Å². The lowest BCUT2D eigenvalue weighted by molar-refractivity contribution is 0.660. The number of hydrogen-bond acceptors (Lipinski definition) is 1. The lowest BCUT2D eigenvalue weighted by atomic mass is 9.82. The van der Waals surface area contributed by atoms with Crippen LogP contribution in [0.3, 0.4) is 0 Å². The monoisotopic (exact) mass is 515 g/mol. The Morgan fingerprint density at radius 2 is 1.41 bits per heavy atom. The van der Waals surface area contributed by atoms with Gasteiger partial charge in [0.25, 0.3) is 0 Å². The highest BCUT2D eigenvalue weighted by molar-refractivity contribution is 9.10. The van der Waals surface area contributed by atoms with Gasteiger partial charge in [0.05, 0.1) is 0 Å². The van der Waals surface area contributed by atoms with Crippen molar-refractivity contribution in [2.75, 3.05) is 4.90 Å². The van der Waals surface area contributed by atoms with Crippen molar-refractivity contribution in [3.8, 4) is 11.1 Å². The molecule has 2 heteroatoms. The van der Waals surface area contributed by atoms with Crippen molar-refractivity contribution in [3.63, 3.8) is 0 Å². The van der Waals surface area contributed by atoms with Crippen LogP contribution in [-0.2, 0) is 5.41 Å². The molecule has 3 aromatic carbocycles. The molecule has 1 aliphatic rings. The zero-order valence-corrected chi connectivity index (χ0v) is 23.3. The molecule has 34 heavy (non-hydrogen) atoms. The number of hydrogen-bond donors (Lipinski definition) is 0. The van der Waals surface area contributed by atoms with Gasteiger partial charge in [0, 0.05) is 27.0 Å². The van der Waals surface area contributed by atoms with E-state index in [0.29, 0.717) is 0 Å². The van der Waals surface area contributed by atoms with Crippen LogP contribution in [-0.4, -0.2) is 0 Å². The highest BCUT2D eigenvalue weighted by Crippen LogP contribution is 2.50. The van der Waals surface area contributed by atoms with Crippen LogP contribution >= 0.6 is 15.9 Å². The minimum Gasteiger partial charge on any atom is -0.311 e.